The van der Waals surface area contributed by atoms with Gasteiger partial charge in [0.25, 0.3) is 0 Å². The summed E-state index contributed by atoms with van der Waals surface area (Å²) in [6, 6.07) is 0. The first kappa shape index (κ1) is 6.34. The van der Waals surface area contributed by atoms with Gasteiger partial charge in [-0.2, -0.15) is 11.8 Å². The summed E-state index contributed by atoms with van der Waals surface area (Å²) in [5.41, 5.74) is 5.76. The third-order valence-corrected chi connectivity index (χ3v) is 3.30. The van der Waals surface area contributed by atoms with Crippen molar-refractivity contribution in [3.63, 3.8) is 0 Å². The molecule has 2 rings (SSSR count). The number of rotatable bonds is 0. The fraction of sp³-hybridized carbons (Fsp3) is 0.833. The van der Waals surface area contributed by atoms with Crippen LogP contribution in [0.4, 0.5) is 0 Å². The van der Waals surface area contributed by atoms with Gasteiger partial charge in [-0.05, 0) is 12.2 Å². The van der Waals surface area contributed by atoms with Crippen LogP contribution < -0.4 is 11.1 Å². The molecule has 2 heterocycles. The highest BCUT2D eigenvalue weighted by Gasteiger charge is 2.37. The summed E-state index contributed by atoms with van der Waals surface area (Å²) >= 11 is 1.98. The predicted octanol–water partition coefficient (Wildman–Crippen LogP) is -0.220. The van der Waals surface area contributed by atoms with E-state index >= 15 is 0 Å². The Morgan fingerprint density at radius 3 is 3.10 bits per heavy atom. The van der Waals surface area contributed by atoms with Gasteiger partial charge in [-0.15, -0.1) is 0 Å². The highest BCUT2D eigenvalue weighted by atomic mass is 32.2. The number of hydrogen-bond donors (Lipinski definition) is 2. The second-order valence-electron chi connectivity index (χ2n) is 2.91. The molecule has 4 heteroatoms. The third kappa shape index (κ3) is 0.868. The highest BCUT2D eigenvalue weighted by molar-refractivity contribution is 7.99. The van der Waals surface area contributed by atoms with Crippen LogP contribution >= 0.6 is 11.8 Å². The molecule has 1 unspecified atom stereocenters. The molecule has 0 saturated carbocycles. The number of nitrogens with zero attached hydrogens (tertiary/aromatic N) is 1. The zero-order valence-corrected chi connectivity index (χ0v) is 6.58. The van der Waals surface area contributed by atoms with Crippen molar-refractivity contribution in [2.45, 2.75) is 12.0 Å². The van der Waals surface area contributed by atoms with Crippen LogP contribution in [-0.2, 0) is 0 Å². The molecule has 0 bridgehead atoms. The fourth-order valence-corrected chi connectivity index (χ4v) is 2.80. The van der Waals surface area contributed by atoms with Crippen LogP contribution in [0.2, 0.25) is 0 Å². The molecule has 1 atom stereocenters. The zero-order chi connectivity index (χ0) is 7.03. The molecule has 1 spiro atoms. The molecule has 2 aliphatic rings. The van der Waals surface area contributed by atoms with E-state index in [0.717, 1.165) is 12.3 Å². The number of nitrogens with two attached hydrogens (primary N) is 1. The van der Waals surface area contributed by atoms with Crippen molar-refractivity contribution in [3.05, 3.63) is 0 Å². The lowest BCUT2D eigenvalue weighted by molar-refractivity contribution is 0.468. The Kier molecular flexibility index (Phi) is 1.30. The van der Waals surface area contributed by atoms with Crippen molar-refractivity contribution in [1.82, 2.24) is 5.32 Å². The minimum Gasteiger partial charge on any atom is -0.370 e. The Morgan fingerprint density at radius 1 is 1.70 bits per heavy atom. The molecule has 0 radical (unpaired) electrons. The molecule has 1 saturated heterocycles. The van der Waals surface area contributed by atoms with E-state index < -0.39 is 0 Å². The van der Waals surface area contributed by atoms with Crippen molar-refractivity contribution < 1.29 is 0 Å². The molecule has 0 aromatic carbocycles. The first-order valence-electron chi connectivity index (χ1n) is 3.47. The van der Waals surface area contributed by atoms with Crippen molar-refractivity contribution >= 4 is 17.7 Å². The molecule has 0 aromatic heterocycles. The second-order valence-corrected chi connectivity index (χ2v) is 4.01. The topological polar surface area (TPSA) is 50.4 Å². The summed E-state index contributed by atoms with van der Waals surface area (Å²) in [5, 5.41) is 3.24. The van der Waals surface area contributed by atoms with Gasteiger partial charge < -0.3 is 11.1 Å². The van der Waals surface area contributed by atoms with Gasteiger partial charge in [0, 0.05) is 5.75 Å². The summed E-state index contributed by atoms with van der Waals surface area (Å²) in [7, 11) is 0. The van der Waals surface area contributed by atoms with Crippen LogP contribution in [0.5, 0.6) is 0 Å². The van der Waals surface area contributed by atoms with Crippen LogP contribution in [0.15, 0.2) is 4.99 Å². The van der Waals surface area contributed by atoms with E-state index in [4.69, 9.17) is 5.73 Å². The number of hydrogen-bond acceptors (Lipinski definition) is 4. The van der Waals surface area contributed by atoms with Gasteiger partial charge in [0.15, 0.2) is 5.96 Å². The Morgan fingerprint density at radius 2 is 2.60 bits per heavy atom. The van der Waals surface area contributed by atoms with Gasteiger partial charge in [-0.3, -0.25) is 4.99 Å². The van der Waals surface area contributed by atoms with Gasteiger partial charge in [0.05, 0.1) is 12.1 Å². The lowest BCUT2D eigenvalue weighted by atomic mass is 10.0. The molecule has 2 aliphatic heterocycles. The Hall–Kier alpha value is -0.380. The summed E-state index contributed by atoms with van der Waals surface area (Å²) < 4.78 is 0. The lowest BCUT2D eigenvalue weighted by Crippen LogP contribution is -2.47. The molecule has 1 fully saturated rings. The van der Waals surface area contributed by atoms with E-state index in [9.17, 15) is 0 Å². The number of guanidine groups is 1. The molecule has 56 valence electrons. The molecule has 10 heavy (non-hydrogen) atoms. The largest absolute Gasteiger partial charge is 0.370 e. The highest BCUT2D eigenvalue weighted by Crippen LogP contribution is 2.29. The van der Waals surface area contributed by atoms with Crippen LogP contribution in [0.25, 0.3) is 0 Å². The SMILES string of the molecule is NC1=NCC2(CCSC2)N1. The van der Waals surface area contributed by atoms with Crippen molar-refractivity contribution in [2.75, 3.05) is 18.1 Å². The fourth-order valence-electron chi connectivity index (χ4n) is 1.42. The van der Waals surface area contributed by atoms with Crippen molar-refractivity contribution in [1.29, 1.82) is 0 Å². The molecule has 0 aliphatic carbocycles. The average Bonchev–Trinajstić information content (AvgIpc) is 2.46. The van der Waals surface area contributed by atoms with E-state index in [2.05, 4.69) is 10.3 Å². The molecule has 3 nitrogen and oxygen atoms in total. The van der Waals surface area contributed by atoms with Gasteiger partial charge in [0.1, 0.15) is 0 Å². The molecule has 0 amide bonds. The van der Waals surface area contributed by atoms with E-state index in [1.54, 1.807) is 0 Å². The number of nitrogens with one attached hydrogen (secondary N) is 1. The average molecular weight is 157 g/mol. The monoisotopic (exact) mass is 157 g/mol. The second kappa shape index (κ2) is 2.05. The maximum atomic E-state index is 5.52. The molecule has 3 N–H and O–H groups in total. The summed E-state index contributed by atoms with van der Waals surface area (Å²) in [6.07, 6.45) is 1.21. The summed E-state index contributed by atoms with van der Waals surface area (Å²) in [5.74, 6) is 3.04. The summed E-state index contributed by atoms with van der Waals surface area (Å²) in [4.78, 5) is 4.14. The molecular weight excluding hydrogens is 146 g/mol. The quantitative estimate of drug-likeness (QED) is 0.511. The lowest BCUT2D eigenvalue weighted by Gasteiger charge is -2.21. The first-order valence-corrected chi connectivity index (χ1v) is 4.62. The maximum absolute atomic E-state index is 5.52. The Labute approximate surface area is 64.5 Å². The minimum absolute atomic E-state index is 0.245. The van der Waals surface area contributed by atoms with Crippen molar-refractivity contribution in [3.8, 4) is 0 Å². The van der Waals surface area contributed by atoms with Gasteiger partial charge in [-0.1, -0.05) is 0 Å². The van der Waals surface area contributed by atoms with Crippen LogP contribution in [0.3, 0.4) is 0 Å². The van der Waals surface area contributed by atoms with E-state index in [1.165, 1.54) is 12.2 Å². The van der Waals surface area contributed by atoms with Gasteiger partial charge >= 0.3 is 0 Å². The predicted molar refractivity (Wildman–Crippen MR) is 44.3 cm³/mol. The maximum Gasteiger partial charge on any atom is 0.189 e. The van der Waals surface area contributed by atoms with Gasteiger partial charge in [0.2, 0.25) is 0 Å². The van der Waals surface area contributed by atoms with Crippen molar-refractivity contribution in [2.24, 2.45) is 10.7 Å². The Bertz CT molecular complexity index is 172. The van der Waals surface area contributed by atoms with Crippen LogP contribution in [-0.4, -0.2) is 29.5 Å². The summed E-state index contributed by atoms with van der Waals surface area (Å²) in [6.45, 7) is 0.881. The van der Waals surface area contributed by atoms with E-state index in [-0.39, 0.29) is 5.54 Å². The number of thioether (sulfide) groups is 1. The van der Waals surface area contributed by atoms with Crippen LogP contribution in [0, 0.1) is 0 Å². The standard InChI is InChI=1S/C6H11N3S/c7-5-8-3-6(9-5)1-2-10-4-6/h1-4H2,(H3,7,8,9). The molecule has 0 aromatic rings. The normalized spacial score (nSPS) is 38.2. The molecular formula is C6H11N3S. The number of aliphatic imine (C=N–C) groups is 1. The van der Waals surface area contributed by atoms with E-state index in [1.807, 2.05) is 11.8 Å². The van der Waals surface area contributed by atoms with Crippen LogP contribution in [0.1, 0.15) is 6.42 Å². The minimum atomic E-state index is 0.245. The first-order chi connectivity index (χ1) is 4.81. The zero-order valence-electron chi connectivity index (χ0n) is 5.76. The van der Waals surface area contributed by atoms with E-state index in [0.29, 0.717) is 5.96 Å². The smallest absolute Gasteiger partial charge is 0.189 e. The third-order valence-electron chi connectivity index (χ3n) is 2.05. The Balaban J connectivity index is 2.07. The van der Waals surface area contributed by atoms with Gasteiger partial charge in [-0.25, -0.2) is 0 Å².